The van der Waals surface area contributed by atoms with Crippen LogP contribution in [0, 0.1) is 17.8 Å². The van der Waals surface area contributed by atoms with Gasteiger partial charge in [-0.05, 0) is 43.9 Å². The van der Waals surface area contributed by atoms with Crippen LogP contribution < -0.4 is 5.32 Å². The molecule has 0 radical (unpaired) electrons. The number of piperidine rings is 1. The molecule has 0 spiro atoms. The lowest BCUT2D eigenvalue weighted by Crippen LogP contribution is -2.42. The molecular weight excluding hydrogens is 326 g/mol. The number of carbonyl (C=O) groups excluding carboxylic acids is 1. The van der Waals surface area contributed by atoms with E-state index in [-0.39, 0.29) is 11.9 Å². The van der Waals surface area contributed by atoms with Crippen LogP contribution in [0.4, 0.5) is 9.93 Å². The Bertz CT molecular complexity index is 639. The number of amides is 2. The molecule has 1 aliphatic heterocycles. The quantitative estimate of drug-likeness (QED) is 0.876. The number of thiazole rings is 1. The summed E-state index contributed by atoms with van der Waals surface area (Å²) in [6.45, 7) is 0.987. The normalized spacial score (nSPS) is 29.8. The monoisotopic (exact) mass is 349 g/mol. The zero-order chi connectivity index (χ0) is 16.7. The van der Waals surface area contributed by atoms with E-state index in [0.29, 0.717) is 37.0 Å². The van der Waals surface area contributed by atoms with Gasteiger partial charge in [0, 0.05) is 24.4 Å². The molecule has 2 heterocycles. The minimum absolute atomic E-state index is 0.160. The first-order valence-corrected chi connectivity index (χ1v) is 9.72. The topological polar surface area (TPSA) is 82.5 Å². The van der Waals surface area contributed by atoms with Crippen LogP contribution in [0.15, 0.2) is 5.38 Å². The van der Waals surface area contributed by atoms with Crippen LogP contribution in [0.25, 0.3) is 0 Å². The van der Waals surface area contributed by atoms with Crippen LogP contribution in [0.5, 0.6) is 0 Å². The third-order valence-corrected chi connectivity index (χ3v) is 6.76. The van der Waals surface area contributed by atoms with Gasteiger partial charge in [-0.1, -0.05) is 6.42 Å². The molecule has 2 bridgehead atoms. The van der Waals surface area contributed by atoms with Crippen LogP contribution in [0.1, 0.15) is 50.1 Å². The van der Waals surface area contributed by atoms with E-state index in [0.717, 1.165) is 17.5 Å². The number of aromatic nitrogens is 1. The second kappa shape index (κ2) is 6.35. The Kier molecular flexibility index (Phi) is 4.20. The molecule has 3 fully saturated rings. The Labute approximate surface area is 145 Å². The highest BCUT2D eigenvalue weighted by Gasteiger charge is 2.41. The summed E-state index contributed by atoms with van der Waals surface area (Å²) in [5.74, 6) is 1.17. The Morgan fingerprint density at radius 2 is 2.00 bits per heavy atom. The molecule has 24 heavy (non-hydrogen) atoms. The number of carbonyl (C=O) groups is 2. The third-order valence-electron chi connectivity index (χ3n) is 5.99. The van der Waals surface area contributed by atoms with E-state index < -0.39 is 5.97 Å². The first-order chi connectivity index (χ1) is 11.6. The second-order valence-corrected chi connectivity index (χ2v) is 8.25. The van der Waals surface area contributed by atoms with Gasteiger partial charge in [-0.25, -0.2) is 9.78 Å². The maximum absolute atomic E-state index is 12.3. The van der Waals surface area contributed by atoms with Gasteiger partial charge in [-0.3, -0.25) is 10.1 Å². The molecule has 4 rings (SSSR count). The minimum Gasteiger partial charge on any atom is -0.481 e. The van der Waals surface area contributed by atoms with Gasteiger partial charge in [0.15, 0.2) is 5.13 Å². The van der Waals surface area contributed by atoms with Crippen molar-refractivity contribution in [2.75, 3.05) is 18.4 Å². The first kappa shape index (κ1) is 15.9. The summed E-state index contributed by atoms with van der Waals surface area (Å²) in [4.78, 5) is 29.7. The zero-order valence-electron chi connectivity index (χ0n) is 13.6. The summed E-state index contributed by atoms with van der Waals surface area (Å²) in [5.41, 5.74) is 1.15. The van der Waals surface area contributed by atoms with E-state index in [4.69, 9.17) is 5.11 Å². The Morgan fingerprint density at radius 3 is 2.62 bits per heavy atom. The summed E-state index contributed by atoms with van der Waals surface area (Å²) in [7, 11) is 0. The average Bonchev–Trinajstić information content (AvgIpc) is 3.31. The lowest BCUT2D eigenvalue weighted by molar-refractivity contribution is -0.143. The molecule has 2 aliphatic carbocycles. The van der Waals surface area contributed by atoms with Crippen molar-refractivity contribution in [3.63, 3.8) is 0 Å². The van der Waals surface area contributed by atoms with Gasteiger partial charge in [0.1, 0.15) is 0 Å². The predicted molar refractivity (Wildman–Crippen MR) is 91.3 cm³/mol. The highest BCUT2D eigenvalue weighted by molar-refractivity contribution is 7.13. The number of hydrogen-bond acceptors (Lipinski definition) is 4. The summed E-state index contributed by atoms with van der Waals surface area (Å²) in [6, 6.07) is -0.160. The fourth-order valence-corrected chi connectivity index (χ4v) is 5.39. The molecule has 7 heteroatoms. The number of anilines is 1. The average molecular weight is 349 g/mol. The number of carboxylic acid groups (broad SMARTS) is 1. The van der Waals surface area contributed by atoms with Gasteiger partial charge in [0.2, 0.25) is 0 Å². The van der Waals surface area contributed by atoms with Crippen molar-refractivity contribution in [1.29, 1.82) is 0 Å². The molecule has 2 amide bonds. The lowest BCUT2D eigenvalue weighted by atomic mass is 9.87. The Balaban J connectivity index is 1.33. The van der Waals surface area contributed by atoms with Gasteiger partial charge < -0.3 is 10.0 Å². The number of hydrogen-bond donors (Lipinski definition) is 2. The van der Waals surface area contributed by atoms with Crippen LogP contribution >= 0.6 is 11.3 Å². The van der Waals surface area contributed by atoms with Crippen LogP contribution in [0.2, 0.25) is 0 Å². The van der Waals surface area contributed by atoms with Crippen LogP contribution in [-0.4, -0.2) is 40.1 Å². The van der Waals surface area contributed by atoms with E-state index in [9.17, 15) is 9.59 Å². The second-order valence-electron chi connectivity index (χ2n) is 7.39. The molecule has 0 aromatic carbocycles. The van der Waals surface area contributed by atoms with E-state index in [2.05, 4.69) is 15.7 Å². The van der Waals surface area contributed by atoms with Crippen molar-refractivity contribution in [2.24, 2.45) is 17.8 Å². The number of nitrogens with zero attached hydrogens (tertiary/aromatic N) is 2. The standard InChI is InChI=1S/C17H23N3O3S/c21-15(22)11-3-5-20(6-4-11)17(23)19-16-18-14(9-24-16)13-8-10-1-2-12(13)7-10/h9-13H,1-8H2,(H,21,22)(H,18,19,23). The minimum atomic E-state index is -0.759. The number of likely N-dealkylation sites (tertiary alicyclic amines) is 1. The summed E-state index contributed by atoms with van der Waals surface area (Å²) in [5, 5.41) is 14.7. The van der Waals surface area contributed by atoms with E-state index in [1.54, 1.807) is 4.90 Å². The number of urea groups is 1. The molecule has 2 saturated carbocycles. The molecule has 3 aliphatic rings. The molecule has 1 aromatic rings. The smallest absolute Gasteiger partial charge is 0.323 e. The van der Waals surface area contributed by atoms with Crippen molar-refractivity contribution < 1.29 is 14.7 Å². The van der Waals surface area contributed by atoms with E-state index in [1.807, 2.05) is 0 Å². The Hall–Kier alpha value is -1.63. The SMILES string of the molecule is O=C(O)C1CCN(C(=O)Nc2nc(C3CC4CCC3C4)cs2)CC1. The van der Waals surface area contributed by atoms with Gasteiger partial charge in [-0.2, -0.15) is 0 Å². The van der Waals surface area contributed by atoms with Crippen molar-refractivity contribution in [3.05, 3.63) is 11.1 Å². The van der Waals surface area contributed by atoms with Gasteiger partial charge in [-0.15, -0.1) is 11.3 Å². The molecule has 1 aromatic heterocycles. The maximum atomic E-state index is 12.3. The molecule has 3 atom stereocenters. The van der Waals surface area contributed by atoms with Crippen LogP contribution in [0.3, 0.4) is 0 Å². The highest BCUT2D eigenvalue weighted by Crippen LogP contribution is 2.52. The number of nitrogens with one attached hydrogen (secondary N) is 1. The van der Waals surface area contributed by atoms with Crippen LogP contribution in [-0.2, 0) is 4.79 Å². The van der Waals surface area contributed by atoms with Gasteiger partial charge >= 0.3 is 12.0 Å². The van der Waals surface area contributed by atoms with Crippen molar-refractivity contribution in [3.8, 4) is 0 Å². The molecule has 6 nitrogen and oxygen atoms in total. The van der Waals surface area contributed by atoms with Crippen molar-refractivity contribution >= 4 is 28.5 Å². The Morgan fingerprint density at radius 1 is 1.21 bits per heavy atom. The summed E-state index contributed by atoms with van der Waals surface area (Å²) >= 11 is 1.50. The van der Waals surface area contributed by atoms with Crippen molar-refractivity contribution in [1.82, 2.24) is 9.88 Å². The molecule has 3 unspecified atom stereocenters. The largest absolute Gasteiger partial charge is 0.481 e. The van der Waals surface area contributed by atoms with E-state index >= 15 is 0 Å². The maximum Gasteiger partial charge on any atom is 0.323 e. The first-order valence-electron chi connectivity index (χ1n) is 8.84. The fourth-order valence-electron chi connectivity index (χ4n) is 4.62. The highest BCUT2D eigenvalue weighted by atomic mass is 32.1. The molecule has 2 N–H and O–H groups in total. The summed E-state index contributed by atoms with van der Waals surface area (Å²) in [6.07, 6.45) is 6.36. The number of rotatable bonds is 3. The molecule has 1 saturated heterocycles. The van der Waals surface area contributed by atoms with E-state index in [1.165, 1.54) is 37.0 Å². The number of carboxylic acids is 1. The van der Waals surface area contributed by atoms with Crippen molar-refractivity contribution in [2.45, 2.75) is 44.4 Å². The predicted octanol–water partition coefficient (Wildman–Crippen LogP) is 3.38. The molecule has 130 valence electrons. The summed E-state index contributed by atoms with van der Waals surface area (Å²) < 4.78 is 0. The molecular formula is C17H23N3O3S. The lowest BCUT2D eigenvalue weighted by Gasteiger charge is -2.29. The fraction of sp³-hybridized carbons (Fsp3) is 0.706. The number of fused-ring (bicyclic) bond motifs is 2. The third kappa shape index (κ3) is 3.01. The zero-order valence-corrected chi connectivity index (χ0v) is 14.4. The number of aliphatic carboxylic acids is 1. The van der Waals surface area contributed by atoms with Gasteiger partial charge in [0.05, 0.1) is 11.6 Å². The van der Waals surface area contributed by atoms with Gasteiger partial charge in [0.25, 0.3) is 0 Å².